The lowest BCUT2D eigenvalue weighted by Gasteiger charge is -1.94. The fraction of sp³-hybridized carbons (Fsp3) is 0.364. The van der Waals surface area contributed by atoms with Gasteiger partial charge in [0.1, 0.15) is 5.83 Å². The Labute approximate surface area is 93.6 Å². The number of carboxylic acid groups (broad SMARTS) is 1. The average molecular weight is 230 g/mol. The summed E-state index contributed by atoms with van der Waals surface area (Å²) in [6, 6.07) is 0. The van der Waals surface area contributed by atoms with Crippen molar-refractivity contribution < 1.29 is 14.3 Å². The van der Waals surface area contributed by atoms with Crippen LogP contribution in [-0.4, -0.2) is 22.6 Å². The molecule has 0 aliphatic heterocycles. The summed E-state index contributed by atoms with van der Waals surface area (Å²) in [5.74, 6) is 0.420. The Hall–Kier alpha value is -1.03. The molecule has 0 atom stereocenters. The number of halogens is 1. The van der Waals surface area contributed by atoms with E-state index in [1.54, 1.807) is 23.9 Å². The highest BCUT2D eigenvalue weighted by Gasteiger charge is 1.94. The van der Waals surface area contributed by atoms with Gasteiger partial charge < -0.3 is 5.11 Å². The molecule has 0 spiro atoms. The minimum atomic E-state index is -0.754. The zero-order valence-corrected chi connectivity index (χ0v) is 9.30. The van der Waals surface area contributed by atoms with Crippen molar-refractivity contribution in [2.24, 2.45) is 0 Å². The molecule has 0 aliphatic rings. The molecule has 2 nitrogen and oxygen atoms in total. The van der Waals surface area contributed by atoms with Gasteiger partial charge in [0.2, 0.25) is 0 Å². The third-order valence-corrected chi connectivity index (χ3v) is 2.42. The zero-order chi connectivity index (χ0) is 11.5. The number of aliphatic carboxylic acids is 1. The van der Waals surface area contributed by atoms with Crippen molar-refractivity contribution in [2.45, 2.75) is 12.8 Å². The molecule has 84 valence electrons. The normalized spacial score (nSPS) is 11.3. The lowest BCUT2D eigenvalue weighted by molar-refractivity contribution is -0.137. The van der Waals surface area contributed by atoms with Crippen LogP contribution in [0.15, 0.2) is 36.7 Å². The van der Waals surface area contributed by atoms with Crippen molar-refractivity contribution in [1.29, 1.82) is 0 Å². The Balaban J connectivity index is 3.31. The van der Waals surface area contributed by atoms with Crippen molar-refractivity contribution in [3.8, 4) is 0 Å². The highest BCUT2D eigenvalue weighted by molar-refractivity contribution is 7.99. The van der Waals surface area contributed by atoms with Crippen LogP contribution >= 0.6 is 11.8 Å². The molecule has 0 aromatic carbocycles. The van der Waals surface area contributed by atoms with Gasteiger partial charge in [-0.05, 0) is 18.2 Å². The first-order chi connectivity index (χ1) is 7.13. The Kier molecular flexibility index (Phi) is 8.87. The Morgan fingerprint density at radius 3 is 2.80 bits per heavy atom. The summed E-state index contributed by atoms with van der Waals surface area (Å²) in [6.07, 6.45) is 7.41. The number of rotatable bonds is 8. The molecule has 0 aromatic heterocycles. The van der Waals surface area contributed by atoms with E-state index in [4.69, 9.17) is 5.11 Å². The number of carboxylic acids is 1. The van der Waals surface area contributed by atoms with Crippen molar-refractivity contribution in [3.63, 3.8) is 0 Å². The molecular weight excluding hydrogens is 215 g/mol. The summed E-state index contributed by atoms with van der Waals surface area (Å²) >= 11 is 1.65. The SMILES string of the molecule is C=C(F)/C=C\C=C/CSCCCC(=O)O. The van der Waals surface area contributed by atoms with Crippen molar-refractivity contribution in [3.05, 3.63) is 36.7 Å². The van der Waals surface area contributed by atoms with Crippen molar-refractivity contribution >= 4 is 17.7 Å². The first-order valence-electron chi connectivity index (χ1n) is 4.60. The molecule has 0 aromatic rings. The maximum absolute atomic E-state index is 12.1. The maximum atomic E-state index is 12.1. The molecule has 0 fully saturated rings. The average Bonchev–Trinajstić information content (AvgIpc) is 2.14. The summed E-state index contributed by atoms with van der Waals surface area (Å²) in [5.41, 5.74) is 0. The van der Waals surface area contributed by atoms with Crippen LogP contribution in [-0.2, 0) is 4.79 Å². The molecule has 0 saturated heterocycles. The first kappa shape index (κ1) is 14.0. The van der Waals surface area contributed by atoms with Gasteiger partial charge >= 0.3 is 5.97 Å². The fourth-order valence-electron chi connectivity index (χ4n) is 0.771. The van der Waals surface area contributed by atoms with Crippen LogP contribution in [0.5, 0.6) is 0 Å². The van der Waals surface area contributed by atoms with E-state index in [0.717, 1.165) is 11.5 Å². The smallest absolute Gasteiger partial charge is 0.303 e. The fourth-order valence-corrected chi connectivity index (χ4v) is 1.53. The highest BCUT2D eigenvalue weighted by Crippen LogP contribution is 2.04. The van der Waals surface area contributed by atoms with Gasteiger partial charge in [-0.3, -0.25) is 4.79 Å². The number of allylic oxidation sites excluding steroid dienone is 4. The van der Waals surface area contributed by atoms with Crippen LogP contribution in [0.2, 0.25) is 0 Å². The van der Waals surface area contributed by atoms with E-state index in [1.807, 2.05) is 6.08 Å². The van der Waals surface area contributed by atoms with Crippen LogP contribution in [0.4, 0.5) is 4.39 Å². The van der Waals surface area contributed by atoms with Crippen LogP contribution < -0.4 is 0 Å². The molecule has 0 amide bonds. The van der Waals surface area contributed by atoms with E-state index in [-0.39, 0.29) is 6.42 Å². The van der Waals surface area contributed by atoms with Gasteiger partial charge in [0.25, 0.3) is 0 Å². The van der Waals surface area contributed by atoms with E-state index in [1.165, 1.54) is 6.08 Å². The van der Waals surface area contributed by atoms with Crippen LogP contribution in [0.25, 0.3) is 0 Å². The second-order valence-electron chi connectivity index (χ2n) is 2.81. The molecule has 0 aliphatic carbocycles. The number of thioether (sulfide) groups is 1. The van der Waals surface area contributed by atoms with Crippen molar-refractivity contribution in [2.75, 3.05) is 11.5 Å². The van der Waals surface area contributed by atoms with Gasteiger partial charge in [0, 0.05) is 12.2 Å². The van der Waals surface area contributed by atoms with Gasteiger partial charge in [0.15, 0.2) is 0 Å². The van der Waals surface area contributed by atoms with Gasteiger partial charge in [-0.25, -0.2) is 4.39 Å². The lowest BCUT2D eigenvalue weighted by Crippen LogP contribution is -1.94. The van der Waals surface area contributed by atoms with Gasteiger partial charge in [-0.2, -0.15) is 11.8 Å². The molecule has 0 radical (unpaired) electrons. The van der Waals surface area contributed by atoms with Crippen LogP contribution in [0.3, 0.4) is 0 Å². The quantitative estimate of drug-likeness (QED) is 0.514. The predicted molar refractivity (Wildman–Crippen MR) is 62.7 cm³/mol. The molecule has 0 unspecified atom stereocenters. The number of carbonyl (C=O) groups is 1. The third-order valence-electron chi connectivity index (χ3n) is 1.42. The number of hydrogen-bond acceptors (Lipinski definition) is 2. The Morgan fingerprint density at radius 1 is 1.47 bits per heavy atom. The molecule has 4 heteroatoms. The summed E-state index contributed by atoms with van der Waals surface area (Å²) < 4.78 is 12.1. The summed E-state index contributed by atoms with van der Waals surface area (Å²) in [5, 5.41) is 8.36. The van der Waals surface area contributed by atoms with E-state index >= 15 is 0 Å². The zero-order valence-electron chi connectivity index (χ0n) is 8.49. The van der Waals surface area contributed by atoms with E-state index in [2.05, 4.69) is 6.58 Å². The maximum Gasteiger partial charge on any atom is 0.303 e. The first-order valence-corrected chi connectivity index (χ1v) is 5.75. The van der Waals surface area contributed by atoms with Gasteiger partial charge in [0.05, 0.1) is 0 Å². The molecule has 0 rings (SSSR count). The summed E-state index contributed by atoms with van der Waals surface area (Å²) in [4.78, 5) is 10.2. The molecule has 0 heterocycles. The molecular formula is C11H15FO2S. The van der Waals surface area contributed by atoms with Gasteiger partial charge in [-0.15, -0.1) is 0 Å². The van der Waals surface area contributed by atoms with Gasteiger partial charge in [-0.1, -0.05) is 24.8 Å². The molecule has 0 bridgehead atoms. The number of hydrogen-bond donors (Lipinski definition) is 1. The van der Waals surface area contributed by atoms with E-state index < -0.39 is 11.8 Å². The lowest BCUT2D eigenvalue weighted by atomic mass is 10.3. The van der Waals surface area contributed by atoms with Crippen LogP contribution in [0, 0.1) is 0 Å². The minimum Gasteiger partial charge on any atom is -0.481 e. The topological polar surface area (TPSA) is 37.3 Å². The summed E-state index contributed by atoms with van der Waals surface area (Å²) in [7, 11) is 0. The van der Waals surface area contributed by atoms with Crippen LogP contribution in [0.1, 0.15) is 12.8 Å². The largest absolute Gasteiger partial charge is 0.481 e. The van der Waals surface area contributed by atoms with E-state index in [9.17, 15) is 9.18 Å². The van der Waals surface area contributed by atoms with Crippen molar-refractivity contribution in [1.82, 2.24) is 0 Å². The standard InChI is InChI=1S/C11H15FO2S/c1-10(12)6-3-2-4-8-15-9-5-7-11(13)14/h2-4,6H,1,5,7-9H2,(H,13,14)/b4-2-,6-3-. The second-order valence-corrected chi connectivity index (χ2v) is 3.96. The third kappa shape index (κ3) is 13.0. The minimum absolute atomic E-state index is 0.221. The predicted octanol–water partition coefficient (Wildman–Crippen LogP) is 3.18. The molecule has 0 saturated carbocycles. The Morgan fingerprint density at radius 2 is 2.20 bits per heavy atom. The summed E-state index contributed by atoms with van der Waals surface area (Å²) in [6.45, 7) is 3.08. The second kappa shape index (κ2) is 9.52. The highest BCUT2D eigenvalue weighted by atomic mass is 32.2. The molecule has 15 heavy (non-hydrogen) atoms. The van der Waals surface area contributed by atoms with E-state index in [0.29, 0.717) is 6.42 Å². The molecule has 1 N–H and O–H groups in total. The monoisotopic (exact) mass is 230 g/mol. The Bertz CT molecular complexity index is 259.